The highest BCUT2D eigenvalue weighted by atomic mass is 35.5. The first kappa shape index (κ1) is 14.8. The predicted molar refractivity (Wildman–Crippen MR) is 79.6 cm³/mol. The number of nitrogens with one attached hydrogen (secondary N) is 1. The Morgan fingerprint density at radius 3 is 2.79 bits per heavy atom. The third-order valence-corrected chi connectivity index (χ3v) is 4.47. The van der Waals surface area contributed by atoms with Crippen molar-refractivity contribution in [3.63, 3.8) is 0 Å². The molecule has 0 spiro atoms. The van der Waals surface area contributed by atoms with Crippen molar-refractivity contribution >= 4 is 11.6 Å². The molecule has 19 heavy (non-hydrogen) atoms. The highest BCUT2D eigenvalue weighted by Gasteiger charge is 2.20. The molecular formula is C14H25ClN4. The van der Waals surface area contributed by atoms with Crippen molar-refractivity contribution in [3.05, 3.63) is 16.4 Å². The molecule has 108 valence electrons. The van der Waals surface area contributed by atoms with Crippen LogP contribution in [0.25, 0.3) is 0 Å². The summed E-state index contributed by atoms with van der Waals surface area (Å²) >= 11 is 6.40. The van der Waals surface area contributed by atoms with E-state index in [0.29, 0.717) is 6.04 Å². The minimum absolute atomic E-state index is 0.669. The third-order valence-electron chi connectivity index (χ3n) is 4.04. The smallest absolute Gasteiger partial charge is 0.0863 e. The van der Waals surface area contributed by atoms with Gasteiger partial charge < -0.3 is 10.2 Å². The highest BCUT2D eigenvalue weighted by Crippen LogP contribution is 2.21. The lowest BCUT2D eigenvalue weighted by Gasteiger charge is -2.19. The number of rotatable bonds is 6. The molecule has 4 nitrogen and oxygen atoms in total. The van der Waals surface area contributed by atoms with Gasteiger partial charge in [-0.25, -0.2) is 0 Å². The largest absolute Gasteiger partial charge is 0.310 e. The van der Waals surface area contributed by atoms with Crippen molar-refractivity contribution in [3.8, 4) is 0 Å². The van der Waals surface area contributed by atoms with Gasteiger partial charge >= 0.3 is 0 Å². The Balaban J connectivity index is 1.93. The molecule has 1 aliphatic heterocycles. The van der Waals surface area contributed by atoms with Crippen LogP contribution >= 0.6 is 11.6 Å². The Morgan fingerprint density at radius 1 is 1.42 bits per heavy atom. The Hall–Kier alpha value is -0.580. The van der Waals surface area contributed by atoms with E-state index in [1.165, 1.54) is 19.4 Å². The molecular weight excluding hydrogens is 260 g/mol. The fraction of sp³-hybridized carbons (Fsp3) is 0.786. The van der Waals surface area contributed by atoms with Gasteiger partial charge in [0.25, 0.3) is 0 Å². The van der Waals surface area contributed by atoms with E-state index >= 15 is 0 Å². The van der Waals surface area contributed by atoms with E-state index in [1.807, 2.05) is 4.68 Å². The summed E-state index contributed by atoms with van der Waals surface area (Å²) < 4.78 is 2.02. The Morgan fingerprint density at radius 2 is 2.21 bits per heavy atom. The number of nitrogens with zero attached hydrogens (tertiary/aromatic N) is 3. The average molecular weight is 285 g/mol. The van der Waals surface area contributed by atoms with Crippen molar-refractivity contribution < 1.29 is 0 Å². The SMILES string of the molecule is CCc1nn(CC)c(CNCC2CCCN2C)c1Cl. The van der Waals surface area contributed by atoms with Crippen molar-refractivity contribution in [2.24, 2.45) is 0 Å². The summed E-state index contributed by atoms with van der Waals surface area (Å²) in [5.41, 5.74) is 2.14. The molecule has 0 saturated carbocycles. The molecule has 1 atom stereocenters. The zero-order valence-electron chi connectivity index (χ0n) is 12.2. The maximum absolute atomic E-state index is 6.40. The zero-order valence-corrected chi connectivity index (χ0v) is 13.0. The van der Waals surface area contributed by atoms with Gasteiger partial charge in [-0.15, -0.1) is 0 Å². The lowest BCUT2D eigenvalue weighted by Crippen LogP contribution is -2.35. The number of halogens is 1. The first-order valence-corrected chi connectivity index (χ1v) is 7.70. The Labute approximate surface area is 121 Å². The Kier molecular flexibility index (Phi) is 5.25. The molecule has 0 aromatic carbocycles. The number of aromatic nitrogens is 2. The van der Waals surface area contributed by atoms with E-state index in [2.05, 4.69) is 36.2 Å². The van der Waals surface area contributed by atoms with Gasteiger partial charge in [0.15, 0.2) is 0 Å². The van der Waals surface area contributed by atoms with Gasteiger partial charge in [-0.2, -0.15) is 5.10 Å². The number of likely N-dealkylation sites (N-methyl/N-ethyl adjacent to an activating group) is 1. The molecule has 1 aromatic rings. The van der Waals surface area contributed by atoms with Gasteiger partial charge in [0.2, 0.25) is 0 Å². The fourth-order valence-corrected chi connectivity index (χ4v) is 3.12. The molecule has 2 heterocycles. The number of aryl methyl sites for hydroxylation is 2. The lowest BCUT2D eigenvalue weighted by molar-refractivity contribution is 0.299. The molecule has 1 saturated heterocycles. The monoisotopic (exact) mass is 284 g/mol. The second-order valence-corrected chi connectivity index (χ2v) is 5.66. The van der Waals surface area contributed by atoms with Gasteiger partial charge in [0.1, 0.15) is 0 Å². The molecule has 0 radical (unpaired) electrons. The van der Waals surface area contributed by atoms with Gasteiger partial charge in [-0.05, 0) is 39.8 Å². The van der Waals surface area contributed by atoms with E-state index in [0.717, 1.165) is 42.5 Å². The summed E-state index contributed by atoms with van der Waals surface area (Å²) in [6.45, 7) is 8.14. The van der Waals surface area contributed by atoms with Crippen molar-refractivity contribution in [1.29, 1.82) is 0 Å². The first-order valence-electron chi connectivity index (χ1n) is 7.32. The van der Waals surface area contributed by atoms with E-state index in [9.17, 15) is 0 Å². The van der Waals surface area contributed by atoms with Crippen LogP contribution in [0.5, 0.6) is 0 Å². The quantitative estimate of drug-likeness (QED) is 0.870. The summed E-state index contributed by atoms with van der Waals surface area (Å²) in [6.07, 6.45) is 3.51. The summed E-state index contributed by atoms with van der Waals surface area (Å²) in [5, 5.41) is 8.93. The number of likely N-dealkylation sites (tertiary alicyclic amines) is 1. The van der Waals surface area contributed by atoms with Crippen LogP contribution in [0, 0.1) is 0 Å². The van der Waals surface area contributed by atoms with Crippen LogP contribution < -0.4 is 5.32 Å². The third kappa shape index (κ3) is 3.30. The minimum atomic E-state index is 0.669. The van der Waals surface area contributed by atoms with Crippen LogP contribution in [0.2, 0.25) is 5.02 Å². The van der Waals surface area contributed by atoms with Gasteiger partial charge in [0.05, 0.1) is 16.4 Å². The summed E-state index contributed by atoms with van der Waals surface area (Å²) in [5.74, 6) is 0. The van der Waals surface area contributed by atoms with Gasteiger partial charge in [-0.1, -0.05) is 18.5 Å². The molecule has 0 bridgehead atoms. The number of hydrogen-bond donors (Lipinski definition) is 1. The van der Waals surface area contributed by atoms with Crippen LogP contribution in [0.4, 0.5) is 0 Å². The standard InChI is InChI=1S/C14H25ClN4/c1-4-12-14(15)13(19(5-2)17-12)10-16-9-11-7-6-8-18(11)3/h11,16H,4-10H2,1-3H3. The number of hydrogen-bond acceptors (Lipinski definition) is 3. The molecule has 2 rings (SSSR count). The second kappa shape index (κ2) is 6.73. The molecule has 1 fully saturated rings. The summed E-state index contributed by atoms with van der Waals surface area (Å²) in [4.78, 5) is 2.43. The van der Waals surface area contributed by atoms with Crippen molar-refractivity contribution in [1.82, 2.24) is 20.0 Å². The van der Waals surface area contributed by atoms with Gasteiger partial charge in [-0.3, -0.25) is 4.68 Å². The molecule has 0 amide bonds. The van der Waals surface area contributed by atoms with Crippen LogP contribution in [0.3, 0.4) is 0 Å². The van der Waals surface area contributed by atoms with Crippen LogP contribution in [-0.4, -0.2) is 40.9 Å². The molecule has 5 heteroatoms. The zero-order chi connectivity index (χ0) is 13.8. The fourth-order valence-electron chi connectivity index (χ4n) is 2.78. The van der Waals surface area contributed by atoms with E-state index < -0.39 is 0 Å². The first-order chi connectivity index (χ1) is 9.17. The average Bonchev–Trinajstić information content (AvgIpc) is 2.95. The lowest BCUT2D eigenvalue weighted by atomic mass is 10.2. The molecule has 1 unspecified atom stereocenters. The van der Waals surface area contributed by atoms with Crippen LogP contribution in [-0.2, 0) is 19.5 Å². The van der Waals surface area contributed by atoms with Crippen LogP contribution in [0.1, 0.15) is 38.1 Å². The molecule has 1 aliphatic rings. The van der Waals surface area contributed by atoms with Crippen molar-refractivity contribution in [2.75, 3.05) is 20.1 Å². The molecule has 0 aliphatic carbocycles. The minimum Gasteiger partial charge on any atom is -0.310 e. The topological polar surface area (TPSA) is 33.1 Å². The van der Waals surface area contributed by atoms with E-state index in [1.54, 1.807) is 0 Å². The van der Waals surface area contributed by atoms with E-state index in [4.69, 9.17) is 11.6 Å². The Bertz CT molecular complexity index is 416. The van der Waals surface area contributed by atoms with E-state index in [-0.39, 0.29) is 0 Å². The molecule has 1 N–H and O–H groups in total. The summed E-state index contributed by atoms with van der Waals surface area (Å²) in [6, 6.07) is 0.669. The van der Waals surface area contributed by atoms with Crippen LogP contribution in [0.15, 0.2) is 0 Å². The highest BCUT2D eigenvalue weighted by molar-refractivity contribution is 6.31. The summed E-state index contributed by atoms with van der Waals surface area (Å²) in [7, 11) is 2.21. The van der Waals surface area contributed by atoms with Gasteiger partial charge in [0, 0.05) is 25.7 Å². The predicted octanol–water partition coefficient (Wildman–Crippen LogP) is 2.30. The normalized spacial score (nSPS) is 20.3. The van der Waals surface area contributed by atoms with Crippen molar-refractivity contribution in [2.45, 2.75) is 52.2 Å². The maximum Gasteiger partial charge on any atom is 0.0863 e. The maximum atomic E-state index is 6.40. The second-order valence-electron chi connectivity index (χ2n) is 5.28. The molecule has 1 aromatic heterocycles.